The van der Waals surface area contributed by atoms with Gasteiger partial charge in [-0.05, 0) is 38.9 Å². The van der Waals surface area contributed by atoms with E-state index in [1.54, 1.807) is 6.07 Å². The van der Waals surface area contributed by atoms with Gasteiger partial charge in [0.05, 0.1) is 16.2 Å². The second kappa shape index (κ2) is 6.34. The van der Waals surface area contributed by atoms with Crippen LogP contribution in [0.1, 0.15) is 19.3 Å². The van der Waals surface area contributed by atoms with Crippen LogP contribution in [0.4, 0.5) is 0 Å². The largest absolute Gasteiger partial charge is 0.303 e. The number of halogens is 2. The van der Waals surface area contributed by atoms with Crippen molar-refractivity contribution in [3.8, 4) is 11.3 Å². The van der Waals surface area contributed by atoms with Gasteiger partial charge in [-0.3, -0.25) is 4.68 Å². The number of likely N-dealkylation sites (tertiary alicyclic amines) is 1. The predicted octanol–water partition coefficient (Wildman–Crippen LogP) is 3.74. The monoisotopic (exact) mass is 324 g/mol. The third-order valence-electron chi connectivity index (χ3n) is 4.13. The summed E-state index contributed by atoms with van der Waals surface area (Å²) in [6.07, 6.45) is 5.61. The van der Waals surface area contributed by atoms with Gasteiger partial charge >= 0.3 is 0 Å². The molecule has 21 heavy (non-hydrogen) atoms. The number of aromatic nitrogens is 3. The molecule has 6 heteroatoms. The van der Waals surface area contributed by atoms with Crippen molar-refractivity contribution in [2.24, 2.45) is 0 Å². The van der Waals surface area contributed by atoms with E-state index < -0.39 is 0 Å². The molecule has 0 bridgehead atoms. The summed E-state index contributed by atoms with van der Waals surface area (Å²) in [5.74, 6) is 0. The fourth-order valence-corrected chi connectivity index (χ4v) is 3.26. The first-order valence-corrected chi connectivity index (χ1v) is 7.95. The molecule has 3 rings (SSSR count). The van der Waals surface area contributed by atoms with Crippen molar-refractivity contribution in [1.82, 2.24) is 19.9 Å². The van der Waals surface area contributed by atoms with E-state index in [9.17, 15) is 0 Å². The molecular formula is C15H18Cl2N4. The third kappa shape index (κ3) is 3.23. The second-order valence-corrected chi connectivity index (χ2v) is 6.32. The Morgan fingerprint density at radius 2 is 2.19 bits per heavy atom. The van der Waals surface area contributed by atoms with E-state index in [2.05, 4.69) is 22.3 Å². The molecule has 0 saturated carbocycles. The molecule has 1 aromatic carbocycles. The zero-order valence-electron chi connectivity index (χ0n) is 12.0. The summed E-state index contributed by atoms with van der Waals surface area (Å²) in [6.45, 7) is 2.07. The van der Waals surface area contributed by atoms with Crippen LogP contribution in [0.2, 0.25) is 10.0 Å². The Morgan fingerprint density at radius 1 is 1.33 bits per heavy atom. The normalized spacial score (nSPS) is 19.3. The van der Waals surface area contributed by atoms with Gasteiger partial charge in [-0.2, -0.15) is 0 Å². The standard InChI is InChI=1S/C15H18Cl2N4/c1-20-8-3-4-11(20)7-9-21-10-14(18-19-21)12-5-2-6-13(16)15(12)17/h2,5-6,10-11H,3-4,7-9H2,1H3/t11-/m1/s1. The molecular weight excluding hydrogens is 307 g/mol. The zero-order chi connectivity index (χ0) is 14.8. The van der Waals surface area contributed by atoms with E-state index in [0.717, 1.165) is 24.2 Å². The van der Waals surface area contributed by atoms with Crippen LogP contribution >= 0.6 is 23.2 Å². The van der Waals surface area contributed by atoms with Gasteiger partial charge in [0.25, 0.3) is 0 Å². The first-order chi connectivity index (χ1) is 10.1. The fraction of sp³-hybridized carbons (Fsp3) is 0.467. The van der Waals surface area contributed by atoms with Crippen LogP contribution in [-0.2, 0) is 6.54 Å². The fourth-order valence-electron chi connectivity index (χ4n) is 2.86. The van der Waals surface area contributed by atoms with Crippen molar-refractivity contribution >= 4 is 23.2 Å². The molecule has 4 nitrogen and oxygen atoms in total. The molecule has 0 amide bonds. The van der Waals surface area contributed by atoms with Crippen molar-refractivity contribution in [3.05, 3.63) is 34.4 Å². The molecule has 0 N–H and O–H groups in total. The maximum absolute atomic E-state index is 6.22. The molecule has 1 aliphatic heterocycles. The highest BCUT2D eigenvalue weighted by atomic mass is 35.5. The predicted molar refractivity (Wildman–Crippen MR) is 85.7 cm³/mol. The molecule has 1 saturated heterocycles. The Hall–Kier alpha value is -1.10. The maximum atomic E-state index is 6.22. The lowest BCUT2D eigenvalue weighted by atomic mass is 10.1. The lowest BCUT2D eigenvalue weighted by Crippen LogP contribution is -2.26. The van der Waals surface area contributed by atoms with Crippen LogP contribution in [0.15, 0.2) is 24.4 Å². The molecule has 0 aliphatic carbocycles. The molecule has 0 unspecified atom stereocenters. The van der Waals surface area contributed by atoms with Crippen LogP contribution in [0.25, 0.3) is 11.3 Å². The summed E-state index contributed by atoms with van der Waals surface area (Å²) < 4.78 is 1.89. The number of hydrogen-bond donors (Lipinski definition) is 0. The van der Waals surface area contributed by atoms with Gasteiger partial charge in [0.15, 0.2) is 0 Å². The highest BCUT2D eigenvalue weighted by Crippen LogP contribution is 2.32. The van der Waals surface area contributed by atoms with Gasteiger partial charge in [0.2, 0.25) is 0 Å². The Labute approximate surface area is 134 Å². The highest BCUT2D eigenvalue weighted by molar-refractivity contribution is 6.43. The molecule has 1 atom stereocenters. The molecule has 112 valence electrons. The summed E-state index contributed by atoms with van der Waals surface area (Å²) in [6, 6.07) is 6.21. The summed E-state index contributed by atoms with van der Waals surface area (Å²) in [5.41, 5.74) is 1.59. The topological polar surface area (TPSA) is 34.0 Å². The van der Waals surface area contributed by atoms with E-state index in [1.165, 1.54) is 19.4 Å². The number of nitrogens with zero attached hydrogens (tertiary/aromatic N) is 4. The molecule has 1 fully saturated rings. The average molecular weight is 325 g/mol. The summed E-state index contributed by atoms with van der Waals surface area (Å²) in [5, 5.41) is 9.47. The Kier molecular flexibility index (Phi) is 4.48. The lowest BCUT2D eigenvalue weighted by molar-refractivity contribution is 0.282. The van der Waals surface area contributed by atoms with Crippen molar-refractivity contribution < 1.29 is 0 Å². The smallest absolute Gasteiger partial charge is 0.114 e. The van der Waals surface area contributed by atoms with Crippen molar-refractivity contribution in [2.45, 2.75) is 31.8 Å². The molecule has 0 radical (unpaired) electrons. The number of benzene rings is 1. The first kappa shape index (κ1) is 14.8. The van der Waals surface area contributed by atoms with E-state index in [-0.39, 0.29) is 0 Å². The molecule has 1 aliphatic rings. The van der Waals surface area contributed by atoms with Gasteiger partial charge in [0.1, 0.15) is 5.69 Å². The van der Waals surface area contributed by atoms with Crippen molar-refractivity contribution in [1.29, 1.82) is 0 Å². The average Bonchev–Trinajstić information content (AvgIpc) is 3.09. The lowest BCUT2D eigenvalue weighted by Gasteiger charge is -2.18. The SMILES string of the molecule is CN1CCC[C@@H]1CCn1cc(-c2cccc(Cl)c2Cl)nn1. The first-order valence-electron chi connectivity index (χ1n) is 7.20. The van der Waals surface area contributed by atoms with Gasteiger partial charge in [-0.1, -0.05) is 40.5 Å². The maximum Gasteiger partial charge on any atom is 0.114 e. The Morgan fingerprint density at radius 3 is 2.95 bits per heavy atom. The quantitative estimate of drug-likeness (QED) is 0.859. The van der Waals surface area contributed by atoms with Crippen LogP contribution in [0.5, 0.6) is 0 Å². The summed E-state index contributed by atoms with van der Waals surface area (Å²) in [4.78, 5) is 2.42. The number of hydrogen-bond acceptors (Lipinski definition) is 3. The second-order valence-electron chi connectivity index (χ2n) is 5.53. The van der Waals surface area contributed by atoms with Crippen LogP contribution in [-0.4, -0.2) is 39.5 Å². The van der Waals surface area contributed by atoms with Crippen LogP contribution in [0.3, 0.4) is 0 Å². The molecule has 0 spiro atoms. The van der Waals surface area contributed by atoms with Crippen LogP contribution in [0, 0.1) is 0 Å². The van der Waals surface area contributed by atoms with Gasteiger partial charge < -0.3 is 4.90 Å². The number of aryl methyl sites for hydroxylation is 1. The third-order valence-corrected chi connectivity index (χ3v) is 4.95. The Balaban J connectivity index is 1.70. The van der Waals surface area contributed by atoms with E-state index in [1.807, 2.05) is 23.0 Å². The summed E-state index contributed by atoms with van der Waals surface area (Å²) in [7, 11) is 2.19. The minimum absolute atomic E-state index is 0.529. The van der Waals surface area contributed by atoms with Gasteiger partial charge in [-0.15, -0.1) is 5.10 Å². The van der Waals surface area contributed by atoms with Gasteiger partial charge in [-0.25, -0.2) is 0 Å². The highest BCUT2D eigenvalue weighted by Gasteiger charge is 2.20. The molecule has 1 aromatic heterocycles. The van der Waals surface area contributed by atoms with Gasteiger partial charge in [0, 0.05) is 18.2 Å². The van der Waals surface area contributed by atoms with Crippen LogP contribution < -0.4 is 0 Å². The Bertz CT molecular complexity index is 626. The summed E-state index contributed by atoms with van der Waals surface area (Å²) >= 11 is 12.3. The minimum Gasteiger partial charge on any atom is -0.303 e. The van der Waals surface area contributed by atoms with E-state index in [4.69, 9.17) is 23.2 Å². The molecule has 2 heterocycles. The minimum atomic E-state index is 0.529. The zero-order valence-corrected chi connectivity index (χ0v) is 13.5. The number of rotatable bonds is 4. The molecule has 2 aromatic rings. The van der Waals surface area contributed by atoms with Crippen molar-refractivity contribution in [3.63, 3.8) is 0 Å². The van der Waals surface area contributed by atoms with E-state index in [0.29, 0.717) is 16.1 Å². The van der Waals surface area contributed by atoms with E-state index >= 15 is 0 Å². The van der Waals surface area contributed by atoms with Crippen molar-refractivity contribution in [2.75, 3.05) is 13.6 Å².